The van der Waals surface area contributed by atoms with Crippen LogP contribution in [0.25, 0.3) is 0 Å². The van der Waals surface area contributed by atoms with Crippen molar-refractivity contribution in [2.24, 2.45) is 0 Å². The van der Waals surface area contributed by atoms with Crippen molar-refractivity contribution >= 4 is 11.8 Å². The molecule has 11 heteroatoms. The Morgan fingerprint density at radius 1 is 1.05 bits per heavy atom. The van der Waals surface area contributed by atoms with Crippen molar-refractivity contribution in [3.8, 4) is 17.2 Å². The van der Waals surface area contributed by atoms with Crippen LogP contribution in [-0.4, -0.2) is 68.4 Å². The molecular formula is C27H32F3N3O5. The molecule has 0 saturated carbocycles. The highest BCUT2D eigenvalue weighted by Gasteiger charge is 2.34. The van der Waals surface area contributed by atoms with Gasteiger partial charge in [-0.15, -0.1) is 0 Å². The number of hydrogen-bond acceptors (Lipinski definition) is 6. The number of alkyl halides is 3. The predicted molar refractivity (Wildman–Crippen MR) is 133 cm³/mol. The molecule has 5 aliphatic rings. The lowest BCUT2D eigenvalue weighted by Gasteiger charge is -2.39. The van der Waals surface area contributed by atoms with Crippen LogP contribution in [0.5, 0.6) is 17.2 Å². The van der Waals surface area contributed by atoms with Gasteiger partial charge in [-0.05, 0) is 48.2 Å². The zero-order valence-corrected chi connectivity index (χ0v) is 21.2. The van der Waals surface area contributed by atoms with Crippen molar-refractivity contribution in [3.05, 3.63) is 53.6 Å². The van der Waals surface area contributed by atoms with Crippen molar-refractivity contribution < 1.29 is 37.0 Å². The molecule has 2 aromatic rings. The van der Waals surface area contributed by atoms with Crippen LogP contribution in [0, 0.1) is 0 Å². The lowest BCUT2D eigenvalue weighted by Crippen LogP contribution is -2.57. The van der Waals surface area contributed by atoms with Gasteiger partial charge in [-0.2, -0.15) is 13.2 Å². The minimum Gasteiger partial charge on any atom is -0.493 e. The number of carbonyl (C=O) groups is 2. The van der Waals surface area contributed by atoms with Crippen LogP contribution in [0.3, 0.4) is 0 Å². The normalized spacial score (nSPS) is 21.5. The number of nitrogens with zero attached hydrogens (tertiary/aromatic N) is 1. The van der Waals surface area contributed by atoms with Crippen molar-refractivity contribution in [1.29, 1.82) is 0 Å². The number of aryl methyl sites for hydroxylation is 1. The first-order valence-corrected chi connectivity index (χ1v) is 12.6. The van der Waals surface area contributed by atoms with E-state index in [0.29, 0.717) is 49.6 Å². The molecule has 2 N–H and O–H groups in total. The number of methoxy groups -OCH3 is 1. The smallest absolute Gasteiger partial charge is 0.390 e. The maximum atomic E-state index is 12.8. The number of rotatable bonds is 3. The second-order valence-corrected chi connectivity index (χ2v) is 9.48. The zero-order chi connectivity index (χ0) is 27.1. The predicted octanol–water partition coefficient (Wildman–Crippen LogP) is 3.23. The molecule has 5 heterocycles. The van der Waals surface area contributed by atoms with Crippen LogP contribution in [0.1, 0.15) is 30.4 Å². The standard InChI is InChI=1S/C27H32F3N3O5/c1-36-24-14-18-4-8-23(24)37-17-26(35)32-21-16-33(13-11-27(28,29)30)12-10-22(21)38-20-6-2-19(3-7-20)15-31-25(34)9-5-18/h2-4,6-8,14,21-22H,5,9-13,15-17H2,1H3,(H,31,34)(H,32,35)/t21-,22-/m1/s1. The fourth-order valence-electron chi connectivity index (χ4n) is 4.55. The number of carbonyl (C=O) groups excluding carboxylic acids is 2. The summed E-state index contributed by atoms with van der Waals surface area (Å²) in [6, 6.07) is 12.0. The van der Waals surface area contributed by atoms with Crippen LogP contribution in [-0.2, 0) is 22.6 Å². The van der Waals surface area contributed by atoms with Crippen molar-refractivity contribution in [1.82, 2.24) is 15.5 Å². The van der Waals surface area contributed by atoms with Gasteiger partial charge in [-0.25, -0.2) is 0 Å². The molecule has 0 aliphatic carbocycles. The van der Waals surface area contributed by atoms with Crippen molar-refractivity contribution in [2.45, 2.75) is 50.6 Å². The maximum absolute atomic E-state index is 12.8. The number of piperidine rings is 1. The molecule has 2 atom stereocenters. The second kappa shape index (κ2) is 12.4. The number of likely N-dealkylation sites (tertiary alicyclic amines) is 1. The Kier molecular flexibility index (Phi) is 8.98. The Bertz CT molecular complexity index is 1110. The monoisotopic (exact) mass is 535 g/mol. The molecule has 206 valence electrons. The van der Waals surface area contributed by atoms with Gasteiger partial charge >= 0.3 is 6.18 Å². The second-order valence-electron chi connectivity index (χ2n) is 9.48. The molecule has 0 aromatic heterocycles. The van der Waals surface area contributed by atoms with E-state index in [1.54, 1.807) is 29.2 Å². The largest absolute Gasteiger partial charge is 0.493 e. The summed E-state index contributed by atoms with van der Waals surface area (Å²) in [5, 5.41) is 5.80. The summed E-state index contributed by atoms with van der Waals surface area (Å²) < 4.78 is 55.6. The molecular weight excluding hydrogens is 503 g/mol. The Hall–Kier alpha value is -3.47. The van der Waals surface area contributed by atoms with Crippen LogP contribution in [0.15, 0.2) is 42.5 Å². The van der Waals surface area contributed by atoms with Crippen LogP contribution in [0.2, 0.25) is 0 Å². The Morgan fingerprint density at radius 3 is 2.55 bits per heavy atom. The van der Waals surface area contributed by atoms with E-state index in [0.717, 1.165) is 11.1 Å². The molecule has 0 unspecified atom stereocenters. The summed E-state index contributed by atoms with van der Waals surface area (Å²) >= 11 is 0. The molecule has 8 nitrogen and oxygen atoms in total. The van der Waals surface area contributed by atoms with Crippen LogP contribution >= 0.6 is 0 Å². The van der Waals surface area contributed by atoms with Gasteiger partial charge in [0.1, 0.15) is 11.9 Å². The Balaban J connectivity index is 1.53. The van der Waals surface area contributed by atoms with E-state index in [1.807, 2.05) is 18.2 Å². The minimum atomic E-state index is -4.25. The van der Waals surface area contributed by atoms with E-state index in [9.17, 15) is 22.8 Å². The van der Waals surface area contributed by atoms with E-state index in [1.165, 1.54) is 7.11 Å². The highest BCUT2D eigenvalue weighted by molar-refractivity contribution is 5.78. The summed E-state index contributed by atoms with van der Waals surface area (Å²) in [6.07, 6.45) is -4.37. The van der Waals surface area contributed by atoms with Gasteiger partial charge in [0.25, 0.3) is 5.91 Å². The number of nitrogens with one attached hydrogen (secondary N) is 2. The summed E-state index contributed by atoms with van der Waals surface area (Å²) in [7, 11) is 1.49. The van der Waals surface area contributed by atoms with Gasteiger partial charge in [0.05, 0.1) is 19.6 Å². The first kappa shape index (κ1) is 27.6. The molecule has 2 amide bonds. The van der Waals surface area contributed by atoms with Gasteiger partial charge in [0.2, 0.25) is 5.91 Å². The highest BCUT2D eigenvalue weighted by Crippen LogP contribution is 2.29. The Morgan fingerprint density at radius 2 is 1.82 bits per heavy atom. The summed E-state index contributed by atoms with van der Waals surface area (Å²) in [5.74, 6) is 0.863. The lowest BCUT2D eigenvalue weighted by atomic mass is 10.0. The quantitative estimate of drug-likeness (QED) is 0.628. The molecule has 5 aliphatic heterocycles. The average molecular weight is 536 g/mol. The molecule has 0 spiro atoms. The number of hydrogen-bond donors (Lipinski definition) is 2. The molecule has 1 saturated heterocycles. The first-order valence-electron chi connectivity index (χ1n) is 12.6. The topological polar surface area (TPSA) is 89.1 Å². The maximum Gasteiger partial charge on any atom is 0.390 e. The van der Waals surface area contributed by atoms with Gasteiger partial charge in [0.15, 0.2) is 18.1 Å². The lowest BCUT2D eigenvalue weighted by molar-refractivity contribution is -0.140. The molecule has 7 rings (SSSR count). The van der Waals surface area contributed by atoms with E-state index in [-0.39, 0.29) is 25.6 Å². The average Bonchev–Trinajstić information content (AvgIpc) is 2.89. The number of halogens is 3. The third kappa shape index (κ3) is 8.01. The molecule has 1 fully saturated rings. The van der Waals surface area contributed by atoms with Crippen molar-refractivity contribution in [2.75, 3.05) is 33.4 Å². The highest BCUT2D eigenvalue weighted by atomic mass is 19.4. The summed E-state index contributed by atoms with van der Waals surface area (Å²) in [5.41, 5.74) is 1.78. The first-order chi connectivity index (χ1) is 18.2. The van der Waals surface area contributed by atoms with Crippen LogP contribution < -0.4 is 24.8 Å². The summed E-state index contributed by atoms with van der Waals surface area (Å²) in [6.45, 7) is 0.541. The third-order valence-electron chi connectivity index (χ3n) is 6.62. The summed E-state index contributed by atoms with van der Waals surface area (Å²) in [4.78, 5) is 26.9. The van der Waals surface area contributed by atoms with E-state index in [4.69, 9.17) is 14.2 Å². The van der Waals surface area contributed by atoms with Gasteiger partial charge in [-0.1, -0.05) is 18.2 Å². The van der Waals surface area contributed by atoms with E-state index >= 15 is 0 Å². The van der Waals surface area contributed by atoms with E-state index in [2.05, 4.69) is 10.6 Å². The SMILES string of the molecule is COc1cc2ccc1OCC(=O)N[C@@H]1CN(CCC(F)(F)F)CC[C@H]1Oc1ccc(cc1)CNC(=O)CC2. The van der Waals surface area contributed by atoms with Gasteiger partial charge in [-0.3, -0.25) is 9.59 Å². The van der Waals surface area contributed by atoms with E-state index < -0.39 is 30.7 Å². The fourth-order valence-corrected chi connectivity index (χ4v) is 4.55. The molecule has 38 heavy (non-hydrogen) atoms. The number of amides is 2. The number of benzene rings is 2. The zero-order valence-electron chi connectivity index (χ0n) is 21.2. The van der Waals surface area contributed by atoms with Gasteiger partial charge < -0.3 is 29.7 Å². The van der Waals surface area contributed by atoms with Crippen LogP contribution in [0.4, 0.5) is 13.2 Å². The molecule has 4 bridgehead atoms. The Labute approximate surface area is 219 Å². The number of ether oxygens (including phenoxy) is 3. The fraction of sp³-hybridized carbons (Fsp3) is 0.481. The minimum absolute atomic E-state index is 0.0872. The molecule has 0 radical (unpaired) electrons. The molecule has 2 aromatic carbocycles. The van der Waals surface area contributed by atoms with Gasteiger partial charge in [0, 0.05) is 32.6 Å². The van der Waals surface area contributed by atoms with Crippen molar-refractivity contribution in [3.63, 3.8) is 0 Å². The third-order valence-corrected chi connectivity index (χ3v) is 6.62.